The Labute approximate surface area is 153 Å². The lowest BCUT2D eigenvalue weighted by Gasteiger charge is -2.20. The molecule has 1 heterocycles. The molecule has 124 valence electrons. The second-order valence-corrected chi connectivity index (χ2v) is 5.31. The lowest BCUT2D eigenvalue weighted by molar-refractivity contribution is 0.171. The van der Waals surface area contributed by atoms with Crippen LogP contribution in [-0.4, -0.2) is 32.3 Å². The molecule has 0 atom stereocenters. The van der Waals surface area contributed by atoms with Crippen LogP contribution in [0.25, 0.3) is 0 Å². The Morgan fingerprint density at radius 3 is 2.91 bits per heavy atom. The molecule has 0 unspecified atom stereocenters. The molecule has 3 N–H and O–H groups in total. The first-order chi connectivity index (χ1) is 10.2. The van der Waals surface area contributed by atoms with Crippen molar-refractivity contribution in [3.05, 3.63) is 22.7 Å². The molecule has 0 saturated carbocycles. The summed E-state index contributed by atoms with van der Waals surface area (Å²) in [5.41, 5.74) is 6.87. The van der Waals surface area contributed by atoms with Gasteiger partial charge in [-0.15, -0.1) is 24.0 Å². The summed E-state index contributed by atoms with van der Waals surface area (Å²) in [5.74, 6) is 1.85. The number of unbranched alkanes of at least 4 members (excludes halogenated alkanes) is 1. The van der Waals surface area contributed by atoms with Gasteiger partial charge in [-0.1, -0.05) is 24.9 Å². The third-order valence-corrected chi connectivity index (χ3v) is 3.45. The average Bonchev–Trinajstić information content (AvgIpc) is 2.48. The molecule has 1 aliphatic rings. The van der Waals surface area contributed by atoms with Crippen LogP contribution in [0.1, 0.15) is 25.3 Å². The van der Waals surface area contributed by atoms with Crippen molar-refractivity contribution in [2.45, 2.75) is 26.2 Å². The Balaban J connectivity index is 0.00000242. The van der Waals surface area contributed by atoms with Crippen molar-refractivity contribution in [3.8, 4) is 11.5 Å². The van der Waals surface area contributed by atoms with Crippen LogP contribution in [0.5, 0.6) is 11.5 Å². The van der Waals surface area contributed by atoms with E-state index >= 15 is 0 Å². The summed E-state index contributed by atoms with van der Waals surface area (Å²) in [5, 5.41) is 3.69. The highest BCUT2D eigenvalue weighted by Gasteiger charge is 2.16. The van der Waals surface area contributed by atoms with E-state index in [1.807, 2.05) is 12.1 Å². The first kappa shape index (κ1) is 19.2. The van der Waals surface area contributed by atoms with E-state index in [1.165, 1.54) is 0 Å². The normalized spacial score (nSPS) is 13.5. The van der Waals surface area contributed by atoms with Crippen molar-refractivity contribution in [1.29, 1.82) is 0 Å². The van der Waals surface area contributed by atoms with Crippen molar-refractivity contribution >= 4 is 41.5 Å². The van der Waals surface area contributed by atoms with Crippen LogP contribution in [0.3, 0.4) is 0 Å². The van der Waals surface area contributed by atoms with Crippen LogP contribution in [0.15, 0.2) is 17.1 Å². The largest absolute Gasteiger partial charge is 0.486 e. The second kappa shape index (κ2) is 9.99. The molecule has 0 bridgehead atoms. The number of aliphatic imine (C=N–C) groups is 1. The van der Waals surface area contributed by atoms with Gasteiger partial charge in [0.2, 0.25) is 0 Å². The molecule has 5 nitrogen and oxygen atoms in total. The zero-order valence-corrected chi connectivity index (χ0v) is 15.8. The SMILES string of the molecule is CCCCN=C(N)NCCc1cc(Cl)c2c(c1)OCCO2.I. The fourth-order valence-corrected chi connectivity index (χ4v) is 2.34. The molecule has 7 heteroatoms. The highest BCUT2D eigenvalue weighted by Crippen LogP contribution is 2.38. The van der Waals surface area contributed by atoms with Crippen LogP contribution in [0, 0.1) is 0 Å². The maximum Gasteiger partial charge on any atom is 0.188 e. The first-order valence-corrected chi connectivity index (χ1v) is 7.70. The Morgan fingerprint density at radius 1 is 1.36 bits per heavy atom. The summed E-state index contributed by atoms with van der Waals surface area (Å²) in [6, 6.07) is 3.87. The number of benzene rings is 1. The van der Waals surface area contributed by atoms with Crippen LogP contribution in [0.2, 0.25) is 5.02 Å². The number of nitrogens with zero attached hydrogens (tertiary/aromatic N) is 1. The maximum absolute atomic E-state index is 6.20. The van der Waals surface area contributed by atoms with Crippen LogP contribution in [0.4, 0.5) is 0 Å². The Bertz CT molecular complexity index is 512. The minimum absolute atomic E-state index is 0. The lowest BCUT2D eigenvalue weighted by Crippen LogP contribution is -2.33. The van der Waals surface area contributed by atoms with Gasteiger partial charge in [0.25, 0.3) is 0 Å². The third-order valence-electron chi connectivity index (χ3n) is 3.17. The van der Waals surface area contributed by atoms with Crippen LogP contribution >= 0.6 is 35.6 Å². The molecular weight excluding hydrogens is 417 g/mol. The number of halogens is 2. The molecule has 22 heavy (non-hydrogen) atoms. The van der Waals surface area contributed by atoms with Crippen molar-refractivity contribution in [1.82, 2.24) is 5.32 Å². The zero-order valence-electron chi connectivity index (χ0n) is 12.7. The van der Waals surface area contributed by atoms with Crippen molar-refractivity contribution in [2.24, 2.45) is 10.7 Å². The summed E-state index contributed by atoms with van der Waals surface area (Å²) in [6.45, 7) is 4.70. The Hall–Kier alpha value is -0.890. The Morgan fingerprint density at radius 2 is 2.14 bits per heavy atom. The standard InChI is InChI=1S/C15H22ClN3O2.HI/c1-2-3-5-18-15(17)19-6-4-11-9-12(16)14-13(10-11)20-7-8-21-14;/h9-10H,2-8H2,1H3,(H3,17,18,19);1H. The van der Waals surface area contributed by atoms with Gasteiger partial charge in [0.1, 0.15) is 13.2 Å². The van der Waals surface area contributed by atoms with Crippen LogP contribution in [-0.2, 0) is 6.42 Å². The molecule has 0 aliphatic carbocycles. The maximum atomic E-state index is 6.20. The summed E-state index contributed by atoms with van der Waals surface area (Å²) < 4.78 is 11.1. The van der Waals surface area contributed by atoms with E-state index in [0.717, 1.165) is 31.4 Å². The fourth-order valence-electron chi connectivity index (χ4n) is 2.06. The fraction of sp³-hybridized carbons (Fsp3) is 0.533. The van der Waals surface area contributed by atoms with Gasteiger partial charge in [-0.05, 0) is 30.5 Å². The second-order valence-electron chi connectivity index (χ2n) is 4.90. The monoisotopic (exact) mass is 439 g/mol. The van der Waals surface area contributed by atoms with Gasteiger partial charge < -0.3 is 20.5 Å². The topological polar surface area (TPSA) is 68.9 Å². The first-order valence-electron chi connectivity index (χ1n) is 7.32. The summed E-state index contributed by atoms with van der Waals surface area (Å²) >= 11 is 6.20. The van der Waals surface area contributed by atoms with E-state index in [2.05, 4.69) is 17.2 Å². The van der Waals surface area contributed by atoms with Gasteiger partial charge in [0, 0.05) is 13.1 Å². The Kier molecular flexibility index (Phi) is 8.70. The third kappa shape index (κ3) is 5.72. The lowest BCUT2D eigenvalue weighted by atomic mass is 10.1. The van der Waals surface area contributed by atoms with E-state index < -0.39 is 0 Å². The molecule has 0 aromatic heterocycles. The highest BCUT2D eigenvalue weighted by molar-refractivity contribution is 14.0. The van der Waals surface area contributed by atoms with Gasteiger partial charge in [-0.3, -0.25) is 4.99 Å². The minimum atomic E-state index is 0. The number of hydrogen-bond donors (Lipinski definition) is 2. The molecule has 1 aromatic rings. The molecule has 1 aromatic carbocycles. The molecular formula is C15H23ClIN3O2. The van der Waals surface area contributed by atoms with Crippen molar-refractivity contribution in [2.75, 3.05) is 26.3 Å². The van der Waals surface area contributed by atoms with Gasteiger partial charge in [-0.25, -0.2) is 0 Å². The van der Waals surface area contributed by atoms with Gasteiger partial charge in [-0.2, -0.15) is 0 Å². The number of ether oxygens (including phenoxy) is 2. The summed E-state index contributed by atoms with van der Waals surface area (Å²) in [6.07, 6.45) is 2.97. The summed E-state index contributed by atoms with van der Waals surface area (Å²) in [7, 11) is 0. The predicted octanol–water partition coefficient (Wildman–Crippen LogP) is 2.98. The molecule has 0 radical (unpaired) electrons. The van der Waals surface area contributed by atoms with E-state index in [9.17, 15) is 0 Å². The van der Waals surface area contributed by atoms with E-state index in [0.29, 0.717) is 42.2 Å². The van der Waals surface area contributed by atoms with Gasteiger partial charge in [0.05, 0.1) is 5.02 Å². The molecule has 0 amide bonds. The molecule has 0 spiro atoms. The molecule has 2 rings (SSSR count). The number of nitrogens with one attached hydrogen (secondary N) is 1. The van der Waals surface area contributed by atoms with E-state index in [4.69, 9.17) is 26.8 Å². The molecule has 0 fully saturated rings. The molecule has 0 saturated heterocycles. The summed E-state index contributed by atoms with van der Waals surface area (Å²) in [4.78, 5) is 4.25. The van der Waals surface area contributed by atoms with Gasteiger partial charge >= 0.3 is 0 Å². The number of hydrogen-bond acceptors (Lipinski definition) is 3. The van der Waals surface area contributed by atoms with E-state index in [1.54, 1.807) is 0 Å². The molecule has 1 aliphatic heterocycles. The number of nitrogens with two attached hydrogens (primary N) is 1. The zero-order chi connectivity index (χ0) is 15.1. The van der Waals surface area contributed by atoms with Crippen molar-refractivity contribution < 1.29 is 9.47 Å². The van der Waals surface area contributed by atoms with E-state index in [-0.39, 0.29) is 24.0 Å². The highest BCUT2D eigenvalue weighted by atomic mass is 127. The number of rotatable bonds is 6. The number of guanidine groups is 1. The average molecular weight is 440 g/mol. The number of fused-ring (bicyclic) bond motifs is 1. The van der Waals surface area contributed by atoms with Gasteiger partial charge in [0.15, 0.2) is 17.5 Å². The minimum Gasteiger partial charge on any atom is -0.486 e. The predicted molar refractivity (Wildman–Crippen MR) is 101 cm³/mol. The quantitative estimate of drug-likeness (QED) is 0.309. The van der Waals surface area contributed by atoms with Crippen LogP contribution < -0.4 is 20.5 Å². The smallest absolute Gasteiger partial charge is 0.188 e. The van der Waals surface area contributed by atoms with Crippen molar-refractivity contribution in [3.63, 3.8) is 0 Å².